The Balaban J connectivity index is 2.20. The number of benzene rings is 1. The van der Waals surface area contributed by atoms with Gasteiger partial charge in [-0.05, 0) is 30.7 Å². The lowest BCUT2D eigenvalue weighted by Crippen LogP contribution is -2.33. The second-order valence-electron chi connectivity index (χ2n) is 5.00. The van der Waals surface area contributed by atoms with Crippen molar-refractivity contribution in [3.05, 3.63) is 23.2 Å². The van der Waals surface area contributed by atoms with Crippen molar-refractivity contribution in [2.75, 3.05) is 30.1 Å². The van der Waals surface area contributed by atoms with Gasteiger partial charge in [-0.3, -0.25) is 0 Å². The number of hydrogen-bond donors (Lipinski definition) is 1. The van der Waals surface area contributed by atoms with Crippen LogP contribution in [-0.2, 0) is 0 Å². The molecular weight excluding hydrogens is 264 g/mol. The van der Waals surface area contributed by atoms with Gasteiger partial charge in [0.1, 0.15) is 0 Å². The lowest BCUT2D eigenvalue weighted by Gasteiger charge is -2.31. The molecule has 0 aromatic heterocycles. The van der Waals surface area contributed by atoms with Crippen LogP contribution in [0.5, 0.6) is 0 Å². The molecule has 1 aliphatic heterocycles. The van der Waals surface area contributed by atoms with Gasteiger partial charge in [-0.15, -0.1) is 0 Å². The largest absolute Gasteiger partial charge is 0.379 e. The van der Waals surface area contributed by atoms with Crippen LogP contribution in [0.2, 0.25) is 5.02 Å². The summed E-state index contributed by atoms with van der Waals surface area (Å²) in [6.07, 6.45) is 2.54. The van der Waals surface area contributed by atoms with Crippen LogP contribution in [0.25, 0.3) is 0 Å². The van der Waals surface area contributed by atoms with Gasteiger partial charge in [-0.2, -0.15) is 11.8 Å². The first kappa shape index (κ1) is 13.9. The molecule has 2 nitrogen and oxygen atoms in total. The summed E-state index contributed by atoms with van der Waals surface area (Å²) in [5.41, 5.74) is 2.23. The summed E-state index contributed by atoms with van der Waals surface area (Å²) < 4.78 is 0. The third-order valence-corrected chi connectivity index (χ3v) is 5.07. The number of thioether (sulfide) groups is 1. The Labute approximate surface area is 119 Å². The highest BCUT2D eigenvalue weighted by Crippen LogP contribution is 2.35. The van der Waals surface area contributed by atoms with E-state index in [-0.39, 0.29) is 0 Å². The van der Waals surface area contributed by atoms with E-state index in [0.717, 1.165) is 16.4 Å². The zero-order valence-electron chi connectivity index (χ0n) is 11.2. The Bertz CT molecular complexity index is 409. The fraction of sp³-hybridized carbons (Fsp3) is 0.571. The fourth-order valence-corrected chi connectivity index (χ4v) is 3.88. The molecule has 0 aliphatic carbocycles. The average Bonchev–Trinajstić information content (AvgIpc) is 2.31. The van der Waals surface area contributed by atoms with Gasteiger partial charge in [0.15, 0.2) is 0 Å². The van der Waals surface area contributed by atoms with E-state index < -0.39 is 0 Å². The zero-order valence-corrected chi connectivity index (χ0v) is 12.8. The number of rotatable bonds is 3. The van der Waals surface area contributed by atoms with Crippen molar-refractivity contribution >= 4 is 34.7 Å². The van der Waals surface area contributed by atoms with Gasteiger partial charge in [0.2, 0.25) is 0 Å². The van der Waals surface area contributed by atoms with E-state index in [1.165, 1.54) is 18.6 Å². The maximum absolute atomic E-state index is 6.29. The average molecular weight is 285 g/mol. The minimum Gasteiger partial charge on any atom is -0.379 e. The molecule has 1 saturated heterocycles. The second-order valence-corrected chi connectivity index (χ2v) is 6.89. The van der Waals surface area contributed by atoms with Crippen molar-refractivity contribution in [1.82, 2.24) is 0 Å². The number of nitrogens with zero attached hydrogens (tertiary/aromatic N) is 1. The van der Waals surface area contributed by atoms with Crippen LogP contribution in [0.15, 0.2) is 18.2 Å². The smallest absolute Gasteiger partial charge is 0.0786 e. The van der Waals surface area contributed by atoms with Crippen LogP contribution < -0.4 is 10.2 Å². The molecule has 4 heteroatoms. The summed E-state index contributed by atoms with van der Waals surface area (Å²) in [6.45, 7) is 2.31. The molecule has 1 fully saturated rings. The highest BCUT2D eigenvalue weighted by atomic mass is 35.5. The zero-order chi connectivity index (χ0) is 13.1. The summed E-state index contributed by atoms with van der Waals surface area (Å²) in [5, 5.41) is 5.14. The normalized spacial score (nSPS) is 23.8. The number of nitrogens with one attached hydrogen (secondary N) is 1. The van der Waals surface area contributed by atoms with E-state index in [1.54, 1.807) is 0 Å². The molecule has 2 unspecified atom stereocenters. The molecule has 0 spiro atoms. The second kappa shape index (κ2) is 6.07. The van der Waals surface area contributed by atoms with E-state index in [2.05, 4.69) is 35.0 Å². The molecule has 1 heterocycles. The maximum Gasteiger partial charge on any atom is 0.0786 e. The summed E-state index contributed by atoms with van der Waals surface area (Å²) in [4.78, 5) is 2.07. The SMILES string of the molecule is CC1SCCCC1Nc1cccc(Cl)c1N(C)C. The molecule has 1 aromatic carbocycles. The summed E-state index contributed by atoms with van der Waals surface area (Å²) in [6, 6.07) is 6.62. The summed E-state index contributed by atoms with van der Waals surface area (Å²) >= 11 is 8.35. The van der Waals surface area contributed by atoms with Crippen LogP contribution in [-0.4, -0.2) is 31.1 Å². The molecular formula is C14H21ClN2S. The Morgan fingerprint density at radius 2 is 2.17 bits per heavy atom. The van der Waals surface area contributed by atoms with E-state index in [9.17, 15) is 0 Å². The number of para-hydroxylation sites is 1. The van der Waals surface area contributed by atoms with Crippen molar-refractivity contribution < 1.29 is 0 Å². The summed E-state index contributed by atoms with van der Waals surface area (Å²) in [5.74, 6) is 1.29. The van der Waals surface area contributed by atoms with Gasteiger partial charge in [-0.25, -0.2) is 0 Å². The lowest BCUT2D eigenvalue weighted by atomic mass is 10.1. The van der Waals surface area contributed by atoms with Crippen molar-refractivity contribution in [1.29, 1.82) is 0 Å². The third kappa shape index (κ3) is 3.07. The fourth-order valence-electron chi connectivity index (χ4n) is 2.40. The van der Waals surface area contributed by atoms with Crippen LogP contribution >= 0.6 is 23.4 Å². The Morgan fingerprint density at radius 3 is 2.83 bits per heavy atom. The predicted octanol–water partition coefficient (Wildman–Crippen LogP) is 4.10. The first-order chi connectivity index (χ1) is 8.59. The molecule has 2 atom stereocenters. The third-order valence-electron chi connectivity index (χ3n) is 3.38. The highest BCUT2D eigenvalue weighted by molar-refractivity contribution is 8.00. The molecule has 0 saturated carbocycles. The van der Waals surface area contributed by atoms with Gasteiger partial charge < -0.3 is 10.2 Å². The molecule has 0 bridgehead atoms. The van der Waals surface area contributed by atoms with Gasteiger partial charge >= 0.3 is 0 Å². The molecule has 2 rings (SSSR count). The van der Waals surface area contributed by atoms with E-state index in [1.807, 2.05) is 26.2 Å². The molecule has 18 heavy (non-hydrogen) atoms. The minimum absolute atomic E-state index is 0.543. The molecule has 1 aromatic rings. The van der Waals surface area contributed by atoms with Crippen LogP contribution in [0.1, 0.15) is 19.8 Å². The monoisotopic (exact) mass is 284 g/mol. The van der Waals surface area contributed by atoms with E-state index in [4.69, 9.17) is 11.6 Å². The van der Waals surface area contributed by atoms with Crippen LogP contribution in [0.3, 0.4) is 0 Å². The first-order valence-corrected chi connectivity index (χ1v) is 7.86. The van der Waals surface area contributed by atoms with Gasteiger partial charge in [0, 0.05) is 25.4 Å². The van der Waals surface area contributed by atoms with Crippen LogP contribution in [0, 0.1) is 0 Å². The standard InChI is InChI=1S/C14H21ClN2S/c1-10-12(8-5-9-18-10)16-13-7-4-6-11(15)14(13)17(2)3/h4,6-7,10,12,16H,5,8-9H2,1-3H3. The van der Waals surface area contributed by atoms with Crippen molar-refractivity contribution in [3.8, 4) is 0 Å². The van der Waals surface area contributed by atoms with Gasteiger partial charge in [-0.1, -0.05) is 24.6 Å². The molecule has 100 valence electrons. The predicted molar refractivity (Wildman–Crippen MR) is 84.3 cm³/mol. The maximum atomic E-state index is 6.29. The highest BCUT2D eigenvalue weighted by Gasteiger charge is 2.22. The molecule has 1 N–H and O–H groups in total. The quantitative estimate of drug-likeness (QED) is 0.899. The minimum atomic E-state index is 0.543. The van der Waals surface area contributed by atoms with E-state index in [0.29, 0.717) is 11.3 Å². The molecule has 0 amide bonds. The Hall–Kier alpha value is -0.540. The number of halogens is 1. The first-order valence-electron chi connectivity index (χ1n) is 6.43. The molecule has 1 aliphatic rings. The van der Waals surface area contributed by atoms with Gasteiger partial charge in [0.25, 0.3) is 0 Å². The number of anilines is 2. The van der Waals surface area contributed by atoms with Crippen LogP contribution in [0.4, 0.5) is 11.4 Å². The molecule has 0 radical (unpaired) electrons. The topological polar surface area (TPSA) is 15.3 Å². The van der Waals surface area contributed by atoms with E-state index >= 15 is 0 Å². The lowest BCUT2D eigenvalue weighted by molar-refractivity contribution is 0.617. The Morgan fingerprint density at radius 1 is 1.39 bits per heavy atom. The van der Waals surface area contributed by atoms with Crippen molar-refractivity contribution in [2.24, 2.45) is 0 Å². The number of hydrogen-bond acceptors (Lipinski definition) is 3. The van der Waals surface area contributed by atoms with Crippen molar-refractivity contribution in [3.63, 3.8) is 0 Å². The Kier molecular flexibility index (Phi) is 4.68. The summed E-state index contributed by atoms with van der Waals surface area (Å²) in [7, 11) is 4.07. The van der Waals surface area contributed by atoms with Crippen molar-refractivity contribution in [2.45, 2.75) is 31.1 Å². The van der Waals surface area contributed by atoms with Gasteiger partial charge in [0.05, 0.1) is 16.4 Å².